The number of hydrogen-bond donors (Lipinski definition) is 2. The van der Waals surface area contributed by atoms with Gasteiger partial charge < -0.3 is 15.2 Å². The highest BCUT2D eigenvalue weighted by Gasteiger charge is 2.36. The zero-order valence-corrected chi connectivity index (χ0v) is 20.2. The molecule has 0 saturated heterocycles. The largest absolute Gasteiger partial charge is 0.433 e. The van der Waals surface area contributed by atoms with Gasteiger partial charge in [0.2, 0.25) is 5.78 Å². The first-order valence-electron chi connectivity index (χ1n) is 11.5. The van der Waals surface area contributed by atoms with Gasteiger partial charge in [-0.25, -0.2) is 15.0 Å². The fraction of sp³-hybridized carbons (Fsp3) is 0.400. The third-order valence-corrected chi connectivity index (χ3v) is 7.69. The Labute approximate surface area is 209 Å². The minimum atomic E-state index is -4.57. The molecular formula is C25H24F3N4O3S. The average molecular weight is 518 g/mol. The van der Waals surface area contributed by atoms with E-state index in [1.54, 1.807) is 13.0 Å². The lowest BCUT2D eigenvalue weighted by atomic mass is 9.97. The summed E-state index contributed by atoms with van der Waals surface area (Å²) in [5, 5.41) is 13.2. The molecule has 0 aromatic carbocycles. The second kappa shape index (κ2) is 9.53. The smallest absolute Gasteiger partial charge is 0.393 e. The number of pyridine rings is 1. The minimum absolute atomic E-state index is 0.0781. The van der Waals surface area contributed by atoms with Crippen LogP contribution in [0.2, 0.25) is 0 Å². The number of nitrogens with one attached hydrogen (secondary N) is 1. The number of fused-ring (bicyclic) bond motifs is 1. The molecular weight excluding hydrogens is 493 g/mol. The van der Waals surface area contributed by atoms with Gasteiger partial charge in [0, 0.05) is 22.7 Å². The topological polar surface area (TPSA) is 97.2 Å². The summed E-state index contributed by atoms with van der Waals surface area (Å²) >= 11 is 1.23. The Morgan fingerprint density at radius 3 is 2.83 bits per heavy atom. The highest BCUT2D eigenvalue weighted by Crippen LogP contribution is 2.39. The van der Waals surface area contributed by atoms with E-state index in [0.29, 0.717) is 47.7 Å². The Balaban J connectivity index is 1.44. The van der Waals surface area contributed by atoms with E-state index < -0.39 is 24.1 Å². The number of aliphatic hydroxyl groups is 1. The molecule has 3 aromatic rings. The molecule has 189 valence electrons. The van der Waals surface area contributed by atoms with Crippen LogP contribution in [0.3, 0.4) is 0 Å². The number of anilines is 1. The van der Waals surface area contributed by atoms with Crippen LogP contribution in [0.4, 0.5) is 19.0 Å². The molecule has 0 amide bonds. The molecule has 1 radical (unpaired) electrons. The predicted molar refractivity (Wildman–Crippen MR) is 127 cm³/mol. The third-order valence-electron chi connectivity index (χ3n) is 6.62. The first-order valence-corrected chi connectivity index (χ1v) is 12.3. The molecule has 7 nitrogen and oxygen atoms in total. The molecule has 0 unspecified atom stereocenters. The summed E-state index contributed by atoms with van der Waals surface area (Å²) in [6.45, 7) is 6.08. The number of rotatable bonds is 5. The van der Waals surface area contributed by atoms with Crippen molar-refractivity contribution in [2.45, 2.75) is 50.6 Å². The van der Waals surface area contributed by atoms with Gasteiger partial charge in [-0.15, -0.1) is 11.3 Å². The number of ketones is 1. The van der Waals surface area contributed by atoms with Crippen molar-refractivity contribution in [1.29, 1.82) is 0 Å². The Morgan fingerprint density at radius 1 is 1.31 bits per heavy atom. The lowest BCUT2D eigenvalue weighted by molar-refractivity contribution is -0.141. The number of carbonyl (C=O) groups excluding carboxylic acids is 1. The normalized spacial score (nSPS) is 23.9. The number of alkyl halides is 3. The van der Waals surface area contributed by atoms with Crippen LogP contribution in [0.5, 0.6) is 0 Å². The summed E-state index contributed by atoms with van der Waals surface area (Å²) in [6.07, 6.45) is -1.50. The Bertz CT molecular complexity index is 1290. The van der Waals surface area contributed by atoms with Crippen molar-refractivity contribution in [3.8, 4) is 0 Å². The summed E-state index contributed by atoms with van der Waals surface area (Å²) in [5.74, 6) is -0.0457. The lowest BCUT2D eigenvalue weighted by Crippen LogP contribution is -2.21. The van der Waals surface area contributed by atoms with E-state index in [0.717, 1.165) is 10.9 Å². The van der Waals surface area contributed by atoms with E-state index in [2.05, 4.69) is 27.2 Å². The molecule has 1 fully saturated rings. The van der Waals surface area contributed by atoms with Gasteiger partial charge in [0.1, 0.15) is 23.9 Å². The number of hydrogen-bond acceptors (Lipinski definition) is 8. The number of nitrogens with zero attached hydrogens (tertiary/aromatic N) is 3. The molecule has 5 rings (SSSR count). The van der Waals surface area contributed by atoms with Gasteiger partial charge in [-0.3, -0.25) is 4.79 Å². The van der Waals surface area contributed by atoms with Gasteiger partial charge in [-0.2, -0.15) is 13.2 Å². The molecule has 3 aromatic heterocycles. The van der Waals surface area contributed by atoms with Crippen LogP contribution in [0.15, 0.2) is 30.7 Å². The maximum absolute atomic E-state index is 13.5. The SMILES string of the molecule is [CH2][C@@H]1C[C@@H](Nc2ncncc2C(=O)c2cc([C@H]3OCCc4ccc(C(F)(F)F)nc43)c(C)s2)C[C@@H]1O. The van der Waals surface area contributed by atoms with E-state index in [-0.39, 0.29) is 29.0 Å². The third kappa shape index (κ3) is 4.74. The molecule has 0 bridgehead atoms. The number of thiophene rings is 1. The molecule has 1 saturated carbocycles. The fourth-order valence-electron chi connectivity index (χ4n) is 4.73. The monoisotopic (exact) mass is 517 g/mol. The fourth-order valence-corrected chi connectivity index (χ4v) is 5.73. The minimum Gasteiger partial charge on any atom is -0.393 e. The maximum atomic E-state index is 13.5. The maximum Gasteiger partial charge on any atom is 0.433 e. The summed E-state index contributed by atoms with van der Waals surface area (Å²) in [5.41, 5.74) is 0.836. The van der Waals surface area contributed by atoms with Crippen molar-refractivity contribution in [2.24, 2.45) is 5.92 Å². The average Bonchev–Trinajstić information content (AvgIpc) is 3.38. The molecule has 11 heteroatoms. The zero-order chi connectivity index (χ0) is 25.6. The molecule has 4 heterocycles. The summed E-state index contributed by atoms with van der Waals surface area (Å²) in [6, 6.07) is 4.02. The lowest BCUT2D eigenvalue weighted by Gasteiger charge is -2.26. The zero-order valence-electron chi connectivity index (χ0n) is 19.4. The number of halogens is 3. The molecule has 1 aliphatic carbocycles. The van der Waals surface area contributed by atoms with Crippen molar-refractivity contribution in [2.75, 3.05) is 11.9 Å². The van der Waals surface area contributed by atoms with E-state index in [9.17, 15) is 23.1 Å². The molecule has 2 N–H and O–H groups in total. The first-order chi connectivity index (χ1) is 17.1. The summed E-state index contributed by atoms with van der Waals surface area (Å²) < 4.78 is 45.8. The Kier molecular flexibility index (Phi) is 6.56. The second-order valence-corrected chi connectivity index (χ2v) is 10.4. The van der Waals surface area contributed by atoms with Crippen molar-refractivity contribution in [3.63, 3.8) is 0 Å². The van der Waals surface area contributed by atoms with Crippen LogP contribution in [0.1, 0.15) is 61.6 Å². The molecule has 0 spiro atoms. The van der Waals surface area contributed by atoms with Gasteiger partial charge in [0.25, 0.3) is 0 Å². The van der Waals surface area contributed by atoms with Crippen LogP contribution in [0, 0.1) is 19.8 Å². The number of carbonyl (C=O) groups is 1. The summed E-state index contributed by atoms with van der Waals surface area (Å²) in [4.78, 5) is 26.8. The predicted octanol–water partition coefficient (Wildman–Crippen LogP) is 4.54. The van der Waals surface area contributed by atoms with E-state index in [4.69, 9.17) is 4.74 Å². The van der Waals surface area contributed by atoms with Gasteiger partial charge in [-0.1, -0.05) is 6.07 Å². The van der Waals surface area contributed by atoms with Crippen molar-refractivity contribution in [3.05, 3.63) is 75.5 Å². The van der Waals surface area contributed by atoms with Crippen LogP contribution in [-0.2, 0) is 17.3 Å². The highest BCUT2D eigenvalue weighted by atomic mass is 32.1. The quantitative estimate of drug-likeness (QED) is 0.480. The van der Waals surface area contributed by atoms with E-state index in [1.165, 1.54) is 29.9 Å². The number of aryl methyl sites for hydroxylation is 1. The van der Waals surface area contributed by atoms with E-state index >= 15 is 0 Å². The van der Waals surface area contributed by atoms with Crippen LogP contribution >= 0.6 is 11.3 Å². The van der Waals surface area contributed by atoms with Crippen LogP contribution in [0.25, 0.3) is 0 Å². The first kappa shape index (κ1) is 24.8. The number of aromatic nitrogens is 3. The summed E-state index contributed by atoms with van der Waals surface area (Å²) in [7, 11) is 0. The van der Waals surface area contributed by atoms with Gasteiger partial charge in [0.15, 0.2) is 0 Å². The highest BCUT2D eigenvalue weighted by molar-refractivity contribution is 7.14. The van der Waals surface area contributed by atoms with Crippen molar-refractivity contribution < 1.29 is 27.8 Å². The van der Waals surface area contributed by atoms with E-state index in [1.807, 2.05) is 0 Å². The Hall–Kier alpha value is -2.89. The number of ether oxygens (including phenoxy) is 1. The van der Waals surface area contributed by atoms with Crippen LogP contribution < -0.4 is 5.32 Å². The Morgan fingerprint density at radius 2 is 2.11 bits per heavy atom. The van der Waals surface area contributed by atoms with Crippen molar-refractivity contribution in [1.82, 2.24) is 15.0 Å². The van der Waals surface area contributed by atoms with Gasteiger partial charge >= 0.3 is 6.18 Å². The molecule has 1 aliphatic heterocycles. The molecule has 4 atom stereocenters. The van der Waals surface area contributed by atoms with Crippen LogP contribution in [-0.4, -0.2) is 44.6 Å². The second-order valence-electron chi connectivity index (χ2n) is 9.12. The van der Waals surface area contributed by atoms with Gasteiger partial charge in [0.05, 0.1) is 28.8 Å². The molecule has 36 heavy (non-hydrogen) atoms. The number of aliphatic hydroxyl groups excluding tert-OH is 1. The standard InChI is InChI=1S/C25H24F3N4O3S/c1-12-7-15(8-18(12)33)31-24-17(10-29-11-30-24)22(34)19-9-16(13(2)36-19)23-21-14(5-6-35-23)3-4-20(32-21)25(26,27)28/h3-4,9-12,15,18,23,33H,1,5-8H2,2H3,(H,29,30,31)/t12-,15-,18+,23-/m1/s1. The van der Waals surface area contributed by atoms with Gasteiger partial charge in [-0.05, 0) is 56.7 Å². The van der Waals surface area contributed by atoms with Crippen molar-refractivity contribution >= 4 is 22.9 Å². The molecule has 2 aliphatic rings.